The number of carbonyl (C=O) groups is 1. The van der Waals surface area contributed by atoms with Crippen molar-refractivity contribution in [2.45, 2.75) is 18.8 Å². The third kappa shape index (κ3) is 5.56. The number of hydrogen-bond acceptors (Lipinski definition) is 7. The van der Waals surface area contributed by atoms with Gasteiger partial charge in [-0.1, -0.05) is 41.9 Å². The number of aliphatic hydroxyl groups is 2. The summed E-state index contributed by atoms with van der Waals surface area (Å²) in [5.74, 6) is -0.0805. The fraction of sp³-hybridized carbons (Fsp3) is 0.278. The van der Waals surface area contributed by atoms with E-state index in [1.165, 1.54) is 13.2 Å². The molecular weight excluding hydrogens is 392 g/mol. The molecule has 10 heteroatoms. The zero-order chi connectivity index (χ0) is 20.7. The van der Waals surface area contributed by atoms with Gasteiger partial charge >= 0.3 is 11.8 Å². The molecule has 0 aliphatic heterocycles. The van der Waals surface area contributed by atoms with Gasteiger partial charge in [-0.05, 0) is 5.56 Å². The highest BCUT2D eigenvalue weighted by atomic mass is 35.5. The number of amides is 1. The van der Waals surface area contributed by atoms with Crippen molar-refractivity contribution >= 4 is 23.4 Å². The summed E-state index contributed by atoms with van der Waals surface area (Å²) < 4.78 is 9.88. The minimum absolute atomic E-state index is 0.0272. The molecule has 0 heterocycles. The maximum atomic E-state index is 11.7. The number of rotatable bonds is 8. The summed E-state index contributed by atoms with van der Waals surface area (Å²) in [6.45, 7) is -0.313. The number of nitro benzene ring substituents is 1. The second-order valence-electron chi connectivity index (χ2n) is 5.76. The Kier molecular flexibility index (Phi) is 7.56. The van der Waals surface area contributed by atoms with Gasteiger partial charge in [0.15, 0.2) is 5.75 Å². The third-order valence-corrected chi connectivity index (χ3v) is 4.17. The van der Waals surface area contributed by atoms with Gasteiger partial charge in [-0.2, -0.15) is 0 Å². The fourth-order valence-electron chi connectivity index (χ4n) is 2.37. The Bertz CT molecular complexity index is 832. The molecule has 0 aliphatic rings. The highest BCUT2D eigenvalue weighted by molar-refractivity contribution is 6.31. The van der Waals surface area contributed by atoms with Gasteiger partial charge in [0.25, 0.3) is 0 Å². The smallest absolute Gasteiger partial charge is 0.407 e. The van der Waals surface area contributed by atoms with Crippen LogP contribution >= 0.6 is 11.6 Å². The van der Waals surface area contributed by atoms with Gasteiger partial charge in [0.05, 0.1) is 17.1 Å². The Balaban J connectivity index is 1.96. The van der Waals surface area contributed by atoms with Gasteiger partial charge in [-0.3, -0.25) is 10.1 Å². The van der Waals surface area contributed by atoms with Crippen molar-refractivity contribution in [1.29, 1.82) is 0 Å². The molecule has 150 valence electrons. The van der Waals surface area contributed by atoms with Crippen LogP contribution in [0.15, 0.2) is 42.5 Å². The second-order valence-corrected chi connectivity index (χ2v) is 6.16. The van der Waals surface area contributed by atoms with Crippen molar-refractivity contribution in [3.63, 3.8) is 0 Å². The minimum atomic E-state index is -1.58. The van der Waals surface area contributed by atoms with Crippen LogP contribution < -0.4 is 10.1 Å². The lowest BCUT2D eigenvalue weighted by atomic mass is 10.0. The van der Waals surface area contributed by atoms with Crippen molar-refractivity contribution in [2.75, 3.05) is 13.7 Å². The fourth-order valence-corrected chi connectivity index (χ4v) is 2.64. The zero-order valence-corrected chi connectivity index (χ0v) is 15.6. The van der Waals surface area contributed by atoms with E-state index in [4.69, 9.17) is 21.1 Å². The predicted molar refractivity (Wildman–Crippen MR) is 100 cm³/mol. The summed E-state index contributed by atoms with van der Waals surface area (Å²) >= 11 is 6.02. The minimum Gasteiger partial charge on any atom is -0.490 e. The molecule has 0 radical (unpaired) electrons. The van der Waals surface area contributed by atoms with E-state index in [2.05, 4.69) is 5.32 Å². The van der Waals surface area contributed by atoms with Crippen molar-refractivity contribution < 1.29 is 29.4 Å². The Hall–Kier alpha value is -2.88. The molecule has 3 N–H and O–H groups in total. The lowest BCUT2D eigenvalue weighted by molar-refractivity contribution is -0.385. The first-order valence-corrected chi connectivity index (χ1v) is 8.53. The van der Waals surface area contributed by atoms with E-state index in [0.29, 0.717) is 0 Å². The van der Waals surface area contributed by atoms with E-state index in [1.54, 1.807) is 24.3 Å². The average molecular weight is 411 g/mol. The summed E-state index contributed by atoms with van der Waals surface area (Å²) in [6.07, 6.45) is -3.84. The number of methoxy groups -OCH3 is 1. The predicted octanol–water partition coefficient (Wildman–Crippen LogP) is 2.58. The number of benzene rings is 2. The van der Waals surface area contributed by atoms with Crippen LogP contribution in [0, 0.1) is 10.1 Å². The van der Waals surface area contributed by atoms with Crippen LogP contribution in [0.25, 0.3) is 0 Å². The first-order valence-electron chi connectivity index (χ1n) is 8.16. The number of halogens is 1. The summed E-state index contributed by atoms with van der Waals surface area (Å²) in [6, 6.07) is 11.2. The molecule has 0 bridgehead atoms. The molecule has 9 nitrogen and oxygen atoms in total. The highest BCUT2D eigenvalue weighted by Gasteiger charge is 2.26. The summed E-state index contributed by atoms with van der Waals surface area (Å²) in [5.41, 5.74) is 0.306. The number of alkyl carbamates (subject to hydrolysis) is 1. The lowest BCUT2D eigenvalue weighted by Crippen LogP contribution is -2.35. The Morgan fingerprint density at radius 1 is 1.29 bits per heavy atom. The quantitative estimate of drug-likeness (QED) is 0.450. The van der Waals surface area contributed by atoms with Crippen molar-refractivity contribution in [3.8, 4) is 5.75 Å². The lowest BCUT2D eigenvalue weighted by Gasteiger charge is -2.20. The Morgan fingerprint density at radius 3 is 2.57 bits per heavy atom. The molecular formula is C18H19ClN2O7. The van der Waals surface area contributed by atoms with Crippen LogP contribution in [-0.2, 0) is 11.3 Å². The monoisotopic (exact) mass is 410 g/mol. The molecule has 2 aromatic carbocycles. The number of nitro groups is 1. The largest absolute Gasteiger partial charge is 0.490 e. The molecule has 2 atom stereocenters. The van der Waals surface area contributed by atoms with Crippen LogP contribution in [0.4, 0.5) is 10.5 Å². The van der Waals surface area contributed by atoms with Crippen molar-refractivity contribution in [3.05, 3.63) is 68.7 Å². The van der Waals surface area contributed by atoms with Crippen molar-refractivity contribution in [1.82, 2.24) is 5.32 Å². The van der Waals surface area contributed by atoms with Gasteiger partial charge in [0.2, 0.25) is 0 Å². The van der Waals surface area contributed by atoms with E-state index in [-0.39, 0.29) is 29.5 Å². The van der Waals surface area contributed by atoms with Crippen LogP contribution in [0.2, 0.25) is 5.02 Å². The zero-order valence-electron chi connectivity index (χ0n) is 14.9. The molecule has 0 saturated carbocycles. The SMILES string of the molecule is COc1cc(Cl)c(C(O)C(O)CNC(=O)OCc2ccccc2)cc1[N+](=O)[O-]. The molecule has 1 amide bonds. The van der Waals surface area contributed by atoms with Gasteiger partial charge in [0.1, 0.15) is 18.8 Å². The van der Waals surface area contributed by atoms with Crippen molar-refractivity contribution in [2.24, 2.45) is 0 Å². The number of nitrogens with one attached hydrogen (secondary N) is 1. The Labute approximate surface area is 165 Å². The van der Waals surface area contributed by atoms with Crippen LogP contribution in [0.5, 0.6) is 5.75 Å². The van der Waals surface area contributed by atoms with Gasteiger partial charge < -0.3 is 25.0 Å². The van der Waals surface area contributed by atoms with Crippen LogP contribution in [0.3, 0.4) is 0 Å². The first-order chi connectivity index (χ1) is 13.3. The number of ether oxygens (including phenoxy) is 2. The summed E-state index contributed by atoms with van der Waals surface area (Å²) in [5, 5.41) is 33.8. The normalized spacial score (nSPS) is 12.7. The number of aliphatic hydroxyl groups excluding tert-OH is 2. The van der Waals surface area contributed by atoms with E-state index in [1.807, 2.05) is 6.07 Å². The number of nitrogens with zero attached hydrogens (tertiary/aromatic N) is 1. The van der Waals surface area contributed by atoms with Gasteiger partial charge in [-0.15, -0.1) is 0 Å². The molecule has 28 heavy (non-hydrogen) atoms. The van der Waals surface area contributed by atoms with E-state index in [9.17, 15) is 25.1 Å². The van der Waals surface area contributed by atoms with Gasteiger partial charge in [0, 0.05) is 24.2 Å². The molecule has 2 rings (SSSR count). The Morgan fingerprint density at radius 2 is 1.96 bits per heavy atom. The standard InChI is InChI=1S/C18H19ClN2O7/c1-27-16-8-13(19)12(7-14(16)21(25)26)17(23)15(22)9-20-18(24)28-10-11-5-3-2-4-6-11/h2-8,15,17,22-23H,9-10H2,1H3,(H,20,24). The van der Waals surface area contributed by atoms with E-state index >= 15 is 0 Å². The molecule has 2 aromatic rings. The second kappa shape index (κ2) is 9.88. The number of hydrogen-bond donors (Lipinski definition) is 3. The topological polar surface area (TPSA) is 131 Å². The molecule has 0 saturated heterocycles. The first kappa shape index (κ1) is 21.4. The highest BCUT2D eigenvalue weighted by Crippen LogP contribution is 2.36. The molecule has 0 aliphatic carbocycles. The summed E-state index contributed by atoms with van der Waals surface area (Å²) in [7, 11) is 1.24. The average Bonchev–Trinajstić information content (AvgIpc) is 2.70. The number of carbonyl (C=O) groups excluding carboxylic acids is 1. The molecule has 0 spiro atoms. The third-order valence-electron chi connectivity index (χ3n) is 3.85. The van der Waals surface area contributed by atoms with Crippen LogP contribution in [-0.4, -0.2) is 41.0 Å². The summed E-state index contributed by atoms with van der Waals surface area (Å²) in [4.78, 5) is 22.1. The maximum absolute atomic E-state index is 11.7. The molecule has 2 unspecified atom stereocenters. The molecule has 0 aromatic heterocycles. The van der Waals surface area contributed by atoms with Crippen LogP contribution in [0.1, 0.15) is 17.2 Å². The maximum Gasteiger partial charge on any atom is 0.407 e. The van der Waals surface area contributed by atoms with E-state index < -0.39 is 28.9 Å². The van der Waals surface area contributed by atoms with Gasteiger partial charge in [-0.25, -0.2) is 4.79 Å². The molecule has 0 fully saturated rings. The van der Waals surface area contributed by atoms with E-state index in [0.717, 1.165) is 11.6 Å².